The summed E-state index contributed by atoms with van der Waals surface area (Å²) < 4.78 is 20.6. The molecule has 31 heavy (non-hydrogen) atoms. The van der Waals surface area contributed by atoms with Crippen LogP contribution in [0.5, 0.6) is 5.75 Å². The highest BCUT2D eigenvalue weighted by molar-refractivity contribution is 6.30. The van der Waals surface area contributed by atoms with E-state index in [-0.39, 0.29) is 43.1 Å². The first kappa shape index (κ1) is 20.8. The number of aromatic nitrogens is 2. The van der Waals surface area contributed by atoms with Crippen molar-refractivity contribution in [3.8, 4) is 22.7 Å². The molecule has 10 heteroatoms. The van der Waals surface area contributed by atoms with Crippen LogP contribution in [-0.2, 0) is 4.79 Å². The number of benzene rings is 2. The Balaban J connectivity index is 1.78. The summed E-state index contributed by atoms with van der Waals surface area (Å²) in [6.07, 6.45) is 0. The Kier molecular flexibility index (Phi) is 5.88. The van der Waals surface area contributed by atoms with Gasteiger partial charge >= 0.3 is 0 Å². The number of rotatable bonds is 6. The highest BCUT2D eigenvalue weighted by atomic mass is 35.5. The molecule has 0 saturated carbocycles. The zero-order valence-electron chi connectivity index (χ0n) is 16.2. The number of amides is 2. The normalized spacial score (nSPS) is 13.4. The lowest BCUT2D eigenvalue weighted by molar-refractivity contribution is -0.118. The largest absolute Gasteiger partial charge is 0.491 e. The predicted octanol–water partition coefficient (Wildman–Crippen LogP) is 2.23. The third-order valence-corrected chi connectivity index (χ3v) is 4.94. The molecule has 2 aromatic carbocycles. The minimum atomic E-state index is -0.573. The summed E-state index contributed by atoms with van der Waals surface area (Å²) in [4.78, 5) is 25.7. The zero-order chi connectivity index (χ0) is 22.0. The molecular weight excluding hydrogens is 427 g/mol. The highest BCUT2D eigenvalue weighted by Gasteiger charge is 2.27. The number of hydrogen-bond donors (Lipinski definition) is 2. The quantitative estimate of drug-likeness (QED) is 0.607. The van der Waals surface area contributed by atoms with Crippen LogP contribution < -0.4 is 10.1 Å². The molecule has 0 unspecified atom stereocenters. The molecule has 1 aromatic heterocycles. The molecule has 160 valence electrons. The number of aliphatic hydroxyl groups is 1. The molecule has 2 amide bonds. The average Bonchev–Trinajstić information content (AvgIpc) is 3.41. The summed E-state index contributed by atoms with van der Waals surface area (Å²) in [5.41, 5.74) is 1.79. The number of nitrogens with zero attached hydrogens (tertiary/aromatic N) is 3. The number of nitrogens with one attached hydrogen (secondary N) is 1. The number of ether oxygens (including phenoxy) is 1. The average molecular weight is 445 g/mol. The third kappa shape index (κ3) is 4.37. The number of hydrogen-bond acceptors (Lipinski definition) is 5. The van der Waals surface area contributed by atoms with Gasteiger partial charge < -0.3 is 20.1 Å². The Hall–Kier alpha value is -3.43. The summed E-state index contributed by atoms with van der Waals surface area (Å²) in [6.45, 7) is 0.0636. The Morgan fingerprint density at radius 1 is 1.26 bits per heavy atom. The van der Waals surface area contributed by atoms with Gasteiger partial charge in [-0.15, -0.1) is 0 Å². The lowest BCUT2D eigenvalue weighted by atomic mass is 10.1. The van der Waals surface area contributed by atoms with E-state index >= 15 is 0 Å². The lowest BCUT2D eigenvalue weighted by Gasteiger charge is -2.11. The van der Waals surface area contributed by atoms with E-state index in [0.717, 1.165) is 0 Å². The number of carbonyl (C=O) groups excluding carboxylic acids is 2. The van der Waals surface area contributed by atoms with Gasteiger partial charge in [-0.1, -0.05) is 23.7 Å². The van der Waals surface area contributed by atoms with Crippen LogP contribution in [0.25, 0.3) is 16.9 Å². The number of aliphatic hydroxyl groups excluding tert-OH is 1. The maximum Gasteiger partial charge on any atom is 0.276 e. The molecule has 0 atom stereocenters. The van der Waals surface area contributed by atoms with Crippen molar-refractivity contribution in [2.45, 2.75) is 0 Å². The minimum absolute atomic E-state index is 0.0477. The topological polar surface area (TPSA) is 96.7 Å². The van der Waals surface area contributed by atoms with Gasteiger partial charge in [-0.05, 0) is 36.4 Å². The molecule has 2 N–H and O–H groups in total. The van der Waals surface area contributed by atoms with Gasteiger partial charge in [-0.25, -0.2) is 9.07 Å². The molecule has 0 radical (unpaired) electrons. The molecule has 1 saturated heterocycles. The van der Waals surface area contributed by atoms with Gasteiger partial charge in [0.05, 0.1) is 29.7 Å². The smallest absolute Gasteiger partial charge is 0.276 e. The summed E-state index contributed by atoms with van der Waals surface area (Å²) in [5, 5.41) is 15.9. The molecule has 0 spiro atoms. The van der Waals surface area contributed by atoms with E-state index in [1.165, 1.54) is 27.8 Å². The van der Waals surface area contributed by atoms with Crippen molar-refractivity contribution in [2.24, 2.45) is 0 Å². The van der Waals surface area contributed by atoms with Crippen LogP contribution in [0, 0.1) is 5.82 Å². The Morgan fingerprint density at radius 3 is 2.81 bits per heavy atom. The molecule has 1 aliphatic heterocycles. The van der Waals surface area contributed by atoms with Gasteiger partial charge in [0, 0.05) is 5.56 Å². The summed E-state index contributed by atoms with van der Waals surface area (Å²) in [7, 11) is 0. The molecule has 8 nitrogen and oxygen atoms in total. The molecule has 0 bridgehead atoms. The van der Waals surface area contributed by atoms with Gasteiger partial charge in [0.25, 0.3) is 5.91 Å². The minimum Gasteiger partial charge on any atom is -0.491 e. The van der Waals surface area contributed by atoms with Crippen LogP contribution in [-0.4, -0.2) is 58.0 Å². The van der Waals surface area contributed by atoms with Gasteiger partial charge in [-0.3, -0.25) is 9.59 Å². The molecule has 0 aliphatic carbocycles. The molecule has 4 rings (SSSR count). The zero-order valence-corrected chi connectivity index (χ0v) is 17.0. The standard InChI is InChI=1S/C21H18ClFN4O4/c22-16-9-14(4-5-17(16)23)27-19(13-2-1-3-15(8-13)31-7-6-28)10-18(25-27)21(30)26-11-20(29)24-12-26/h1-5,8-10,28H,6-7,11-12H2,(H,24,29). The van der Waals surface area contributed by atoms with Gasteiger partial charge in [0.1, 0.15) is 24.7 Å². The second-order valence-electron chi connectivity index (χ2n) is 6.79. The van der Waals surface area contributed by atoms with Crippen molar-refractivity contribution in [1.29, 1.82) is 0 Å². The fraction of sp³-hybridized carbons (Fsp3) is 0.190. The van der Waals surface area contributed by atoms with E-state index < -0.39 is 11.7 Å². The lowest BCUT2D eigenvalue weighted by Crippen LogP contribution is -2.30. The molecule has 3 aromatic rings. The first-order valence-corrected chi connectivity index (χ1v) is 9.79. The first-order valence-electron chi connectivity index (χ1n) is 9.42. The van der Waals surface area contributed by atoms with Crippen LogP contribution in [0.3, 0.4) is 0 Å². The first-order chi connectivity index (χ1) is 15.0. The van der Waals surface area contributed by atoms with Crippen molar-refractivity contribution < 1.29 is 23.8 Å². The Labute approximate surface area is 181 Å². The summed E-state index contributed by atoms with van der Waals surface area (Å²) in [6, 6.07) is 12.8. The van der Waals surface area contributed by atoms with Crippen molar-refractivity contribution in [3.63, 3.8) is 0 Å². The maximum absolute atomic E-state index is 13.7. The molecule has 1 fully saturated rings. The van der Waals surface area contributed by atoms with Crippen LogP contribution in [0.1, 0.15) is 10.5 Å². The van der Waals surface area contributed by atoms with E-state index in [1.807, 2.05) is 0 Å². The number of carbonyl (C=O) groups is 2. The SMILES string of the molecule is O=C1CN(C(=O)c2cc(-c3cccc(OCCO)c3)n(-c3ccc(F)c(Cl)c3)n2)CN1. The van der Waals surface area contributed by atoms with Gasteiger partial charge in [-0.2, -0.15) is 5.10 Å². The van der Waals surface area contributed by atoms with E-state index in [0.29, 0.717) is 22.7 Å². The predicted molar refractivity (Wildman–Crippen MR) is 111 cm³/mol. The van der Waals surface area contributed by atoms with Crippen molar-refractivity contribution in [3.05, 3.63) is 65.1 Å². The Bertz CT molecular complexity index is 1150. The number of halogens is 2. The van der Waals surface area contributed by atoms with Crippen LogP contribution in [0.15, 0.2) is 48.5 Å². The van der Waals surface area contributed by atoms with E-state index in [4.69, 9.17) is 21.4 Å². The maximum atomic E-state index is 13.7. The van der Waals surface area contributed by atoms with Crippen molar-refractivity contribution in [2.75, 3.05) is 26.4 Å². The van der Waals surface area contributed by atoms with Crippen LogP contribution >= 0.6 is 11.6 Å². The third-order valence-electron chi connectivity index (χ3n) is 4.65. The van der Waals surface area contributed by atoms with Crippen molar-refractivity contribution in [1.82, 2.24) is 20.0 Å². The highest BCUT2D eigenvalue weighted by Crippen LogP contribution is 2.29. The fourth-order valence-electron chi connectivity index (χ4n) is 3.19. The van der Waals surface area contributed by atoms with Gasteiger partial charge in [0.15, 0.2) is 5.69 Å². The van der Waals surface area contributed by atoms with Crippen LogP contribution in [0.2, 0.25) is 5.02 Å². The summed E-state index contributed by atoms with van der Waals surface area (Å²) >= 11 is 5.95. The Morgan fingerprint density at radius 2 is 2.10 bits per heavy atom. The fourth-order valence-corrected chi connectivity index (χ4v) is 3.36. The van der Waals surface area contributed by atoms with E-state index in [1.54, 1.807) is 30.3 Å². The second-order valence-corrected chi connectivity index (χ2v) is 7.19. The van der Waals surface area contributed by atoms with E-state index in [9.17, 15) is 14.0 Å². The van der Waals surface area contributed by atoms with Gasteiger partial charge in [0.2, 0.25) is 5.91 Å². The van der Waals surface area contributed by atoms with Crippen molar-refractivity contribution >= 4 is 23.4 Å². The molecule has 1 aliphatic rings. The molecule has 2 heterocycles. The van der Waals surface area contributed by atoms with E-state index in [2.05, 4.69) is 10.4 Å². The monoisotopic (exact) mass is 444 g/mol. The summed E-state index contributed by atoms with van der Waals surface area (Å²) in [5.74, 6) is -0.707. The second kappa shape index (κ2) is 8.75. The molecular formula is C21H18ClFN4O4. The van der Waals surface area contributed by atoms with Crippen LogP contribution in [0.4, 0.5) is 4.39 Å².